The summed E-state index contributed by atoms with van der Waals surface area (Å²) < 4.78 is 0. The van der Waals surface area contributed by atoms with Gasteiger partial charge in [0.25, 0.3) is 0 Å². The zero-order chi connectivity index (χ0) is 18.0. The molecule has 0 aliphatic heterocycles. The van der Waals surface area contributed by atoms with E-state index in [1.54, 1.807) is 6.07 Å². The van der Waals surface area contributed by atoms with Crippen molar-refractivity contribution in [1.29, 1.82) is 0 Å². The summed E-state index contributed by atoms with van der Waals surface area (Å²) in [6.45, 7) is 5.83. The van der Waals surface area contributed by atoms with Gasteiger partial charge in [0.05, 0.1) is 0 Å². The molecule has 2 amide bonds. The molecule has 0 aliphatic rings. The summed E-state index contributed by atoms with van der Waals surface area (Å²) >= 11 is 0. The SMILES string of the molecule is Cc1cc(C)c(NC(=O)C(=O)Nc2ccc3ccccc3c2)c(C)c1. The number of aryl methyl sites for hydroxylation is 3. The van der Waals surface area contributed by atoms with Crippen molar-refractivity contribution in [2.75, 3.05) is 10.6 Å². The van der Waals surface area contributed by atoms with Crippen molar-refractivity contribution in [1.82, 2.24) is 0 Å². The summed E-state index contributed by atoms with van der Waals surface area (Å²) in [7, 11) is 0. The van der Waals surface area contributed by atoms with Crippen LogP contribution in [0.15, 0.2) is 54.6 Å². The summed E-state index contributed by atoms with van der Waals surface area (Å²) in [6, 6.07) is 17.4. The molecular weight excluding hydrogens is 312 g/mol. The second-order valence-corrected chi connectivity index (χ2v) is 6.24. The number of hydrogen-bond donors (Lipinski definition) is 2. The number of amides is 2. The number of carbonyl (C=O) groups is 2. The first-order valence-corrected chi connectivity index (χ1v) is 8.13. The van der Waals surface area contributed by atoms with E-state index in [0.717, 1.165) is 27.5 Å². The van der Waals surface area contributed by atoms with Gasteiger partial charge in [0, 0.05) is 11.4 Å². The van der Waals surface area contributed by atoms with Crippen LogP contribution < -0.4 is 10.6 Å². The molecule has 4 nitrogen and oxygen atoms in total. The van der Waals surface area contributed by atoms with Crippen molar-refractivity contribution in [3.8, 4) is 0 Å². The van der Waals surface area contributed by atoms with Gasteiger partial charge in [-0.25, -0.2) is 0 Å². The van der Waals surface area contributed by atoms with Crippen LogP contribution in [0.2, 0.25) is 0 Å². The average molecular weight is 332 g/mol. The Morgan fingerprint density at radius 3 is 2.00 bits per heavy atom. The number of nitrogens with one attached hydrogen (secondary N) is 2. The third kappa shape index (κ3) is 3.69. The fourth-order valence-corrected chi connectivity index (χ4v) is 3.00. The Morgan fingerprint density at radius 2 is 1.32 bits per heavy atom. The third-order valence-electron chi connectivity index (χ3n) is 4.13. The fourth-order valence-electron chi connectivity index (χ4n) is 3.00. The summed E-state index contributed by atoms with van der Waals surface area (Å²) in [4.78, 5) is 24.5. The molecule has 0 atom stereocenters. The van der Waals surface area contributed by atoms with E-state index in [9.17, 15) is 9.59 Å². The predicted octanol–water partition coefficient (Wildman–Crippen LogP) is 4.34. The number of hydrogen-bond acceptors (Lipinski definition) is 2. The molecule has 0 saturated heterocycles. The van der Waals surface area contributed by atoms with E-state index in [4.69, 9.17) is 0 Å². The van der Waals surface area contributed by atoms with Crippen LogP contribution in [0.25, 0.3) is 10.8 Å². The lowest BCUT2D eigenvalue weighted by Gasteiger charge is -2.13. The van der Waals surface area contributed by atoms with Crippen LogP contribution in [0.4, 0.5) is 11.4 Å². The van der Waals surface area contributed by atoms with Gasteiger partial charge < -0.3 is 10.6 Å². The Kier molecular flexibility index (Phi) is 4.52. The monoisotopic (exact) mass is 332 g/mol. The van der Waals surface area contributed by atoms with Crippen LogP contribution in [0.1, 0.15) is 16.7 Å². The number of benzene rings is 3. The first-order valence-electron chi connectivity index (χ1n) is 8.13. The lowest BCUT2D eigenvalue weighted by atomic mass is 10.1. The smallest absolute Gasteiger partial charge is 0.314 e. The van der Waals surface area contributed by atoms with Crippen molar-refractivity contribution in [3.63, 3.8) is 0 Å². The van der Waals surface area contributed by atoms with E-state index in [1.165, 1.54) is 0 Å². The van der Waals surface area contributed by atoms with Gasteiger partial charge in [0.2, 0.25) is 0 Å². The molecule has 0 fully saturated rings. The number of anilines is 2. The molecule has 0 spiro atoms. The molecule has 0 radical (unpaired) electrons. The maximum atomic E-state index is 12.2. The molecule has 3 aromatic carbocycles. The van der Waals surface area contributed by atoms with Crippen molar-refractivity contribution in [3.05, 3.63) is 71.3 Å². The van der Waals surface area contributed by atoms with E-state index >= 15 is 0 Å². The molecular formula is C21H20N2O2. The minimum atomic E-state index is -0.686. The number of fused-ring (bicyclic) bond motifs is 1. The number of rotatable bonds is 2. The summed E-state index contributed by atoms with van der Waals surface area (Å²) in [5.41, 5.74) is 4.27. The van der Waals surface area contributed by atoms with Crippen molar-refractivity contribution < 1.29 is 9.59 Å². The molecule has 0 unspecified atom stereocenters. The number of carbonyl (C=O) groups excluding carboxylic acids is 2. The minimum Gasteiger partial charge on any atom is -0.318 e. The summed E-state index contributed by atoms with van der Waals surface area (Å²) in [5.74, 6) is -1.36. The van der Waals surface area contributed by atoms with E-state index in [0.29, 0.717) is 11.4 Å². The van der Waals surface area contributed by atoms with Gasteiger partial charge in [-0.2, -0.15) is 0 Å². The van der Waals surface area contributed by atoms with Gasteiger partial charge in [-0.05, 0) is 54.8 Å². The third-order valence-corrected chi connectivity index (χ3v) is 4.13. The van der Waals surface area contributed by atoms with Gasteiger partial charge in [-0.1, -0.05) is 48.0 Å². The van der Waals surface area contributed by atoms with Crippen LogP contribution >= 0.6 is 0 Å². The standard InChI is InChI=1S/C21H20N2O2/c1-13-10-14(2)19(15(3)11-13)23-21(25)20(24)22-18-9-8-16-6-4-5-7-17(16)12-18/h4-12H,1-3H3,(H,22,24)(H,23,25). The first-order chi connectivity index (χ1) is 11.9. The fraction of sp³-hybridized carbons (Fsp3) is 0.143. The Labute approximate surface area is 146 Å². The minimum absolute atomic E-state index is 0.594. The average Bonchev–Trinajstić information content (AvgIpc) is 2.57. The lowest BCUT2D eigenvalue weighted by molar-refractivity contribution is -0.133. The molecule has 0 aromatic heterocycles. The molecule has 25 heavy (non-hydrogen) atoms. The highest BCUT2D eigenvalue weighted by Gasteiger charge is 2.16. The zero-order valence-electron chi connectivity index (χ0n) is 14.5. The normalized spacial score (nSPS) is 10.5. The summed E-state index contributed by atoms with van der Waals surface area (Å²) in [5, 5.41) is 7.45. The van der Waals surface area contributed by atoms with E-state index < -0.39 is 11.8 Å². The Morgan fingerprint density at radius 1 is 0.720 bits per heavy atom. The second-order valence-electron chi connectivity index (χ2n) is 6.24. The molecule has 0 heterocycles. The maximum absolute atomic E-state index is 12.2. The van der Waals surface area contributed by atoms with E-state index in [2.05, 4.69) is 10.6 Å². The highest BCUT2D eigenvalue weighted by Crippen LogP contribution is 2.22. The largest absolute Gasteiger partial charge is 0.318 e. The Balaban J connectivity index is 1.75. The molecule has 2 N–H and O–H groups in total. The van der Waals surface area contributed by atoms with Gasteiger partial charge in [0.1, 0.15) is 0 Å². The first kappa shape index (κ1) is 16.7. The van der Waals surface area contributed by atoms with Crippen molar-refractivity contribution >= 4 is 34.0 Å². The zero-order valence-corrected chi connectivity index (χ0v) is 14.5. The van der Waals surface area contributed by atoms with Crippen LogP contribution in [0.5, 0.6) is 0 Å². The van der Waals surface area contributed by atoms with Crippen molar-refractivity contribution in [2.24, 2.45) is 0 Å². The van der Waals surface area contributed by atoms with Crippen molar-refractivity contribution in [2.45, 2.75) is 20.8 Å². The Hall–Kier alpha value is -3.14. The van der Waals surface area contributed by atoms with Crippen LogP contribution in [0.3, 0.4) is 0 Å². The predicted molar refractivity (Wildman–Crippen MR) is 102 cm³/mol. The van der Waals surface area contributed by atoms with Gasteiger partial charge in [0.15, 0.2) is 0 Å². The molecule has 4 heteroatoms. The highest BCUT2D eigenvalue weighted by molar-refractivity contribution is 6.43. The molecule has 0 aliphatic carbocycles. The van der Waals surface area contributed by atoms with Gasteiger partial charge >= 0.3 is 11.8 Å². The molecule has 3 rings (SSSR count). The topological polar surface area (TPSA) is 58.2 Å². The maximum Gasteiger partial charge on any atom is 0.314 e. The molecule has 126 valence electrons. The summed E-state index contributed by atoms with van der Waals surface area (Å²) in [6.07, 6.45) is 0. The van der Waals surface area contributed by atoms with Crippen LogP contribution in [0, 0.1) is 20.8 Å². The van der Waals surface area contributed by atoms with Crippen LogP contribution in [-0.4, -0.2) is 11.8 Å². The quantitative estimate of drug-likeness (QED) is 0.686. The Bertz CT molecular complexity index is 954. The molecule has 0 saturated carbocycles. The highest BCUT2D eigenvalue weighted by atomic mass is 16.2. The van der Waals surface area contributed by atoms with Gasteiger partial charge in [-0.15, -0.1) is 0 Å². The van der Waals surface area contributed by atoms with E-state index in [1.807, 2.05) is 69.3 Å². The second kappa shape index (κ2) is 6.77. The van der Waals surface area contributed by atoms with E-state index in [-0.39, 0.29) is 0 Å². The molecule has 0 bridgehead atoms. The van der Waals surface area contributed by atoms with Gasteiger partial charge in [-0.3, -0.25) is 9.59 Å². The van der Waals surface area contributed by atoms with Crippen LogP contribution in [-0.2, 0) is 9.59 Å². The molecule has 3 aromatic rings. The lowest BCUT2D eigenvalue weighted by Crippen LogP contribution is -2.29.